The molecule has 0 fully saturated rings. The van der Waals surface area contributed by atoms with Crippen molar-refractivity contribution in [3.05, 3.63) is 47.5 Å². The summed E-state index contributed by atoms with van der Waals surface area (Å²) in [6.45, 7) is 11.4. The van der Waals surface area contributed by atoms with Crippen molar-refractivity contribution in [2.45, 2.75) is 77.7 Å². The number of likely N-dealkylation sites (N-methyl/N-ethyl adjacent to an activating group) is 2. The number of carbonyl (C=O) groups excluding carboxylic acids is 2. The Bertz CT molecular complexity index is 891. The number of hydrogen-bond acceptors (Lipinski definition) is 4. The van der Waals surface area contributed by atoms with Crippen molar-refractivity contribution in [2.75, 3.05) is 14.1 Å². The largest absolute Gasteiger partial charge is 0.478 e. The summed E-state index contributed by atoms with van der Waals surface area (Å²) in [5.41, 5.74) is -1.72. The molecule has 0 unspecified atom stereocenters. The van der Waals surface area contributed by atoms with Gasteiger partial charge < -0.3 is 20.6 Å². The van der Waals surface area contributed by atoms with Gasteiger partial charge in [0, 0.05) is 18.0 Å². The SMILES string of the molecule is CN[C@H](C(=O)N[C@@H](C(=O)N(C)[C@H](/C=C(\C)C(=O)O)C(C)C)C(C)(C)F)C(C)(C)c1ccccc1. The fourth-order valence-corrected chi connectivity index (χ4v) is 4.04. The lowest BCUT2D eigenvalue weighted by Gasteiger charge is -2.38. The van der Waals surface area contributed by atoms with E-state index in [1.54, 1.807) is 7.05 Å². The first-order valence-corrected chi connectivity index (χ1v) is 11.5. The maximum Gasteiger partial charge on any atom is 0.331 e. The summed E-state index contributed by atoms with van der Waals surface area (Å²) >= 11 is 0. The highest BCUT2D eigenvalue weighted by atomic mass is 19.1. The lowest BCUT2D eigenvalue weighted by Crippen LogP contribution is -2.63. The molecular weight excluding hydrogens is 437 g/mol. The fraction of sp³-hybridized carbons (Fsp3) is 0.577. The van der Waals surface area contributed by atoms with Crippen LogP contribution in [0.25, 0.3) is 0 Å². The third-order valence-corrected chi connectivity index (χ3v) is 6.25. The number of carboxylic acids is 1. The predicted octanol–water partition coefficient (Wildman–Crippen LogP) is 3.30. The Morgan fingerprint density at radius 3 is 2.00 bits per heavy atom. The van der Waals surface area contributed by atoms with Gasteiger partial charge in [-0.05, 0) is 39.3 Å². The standard InChI is InChI=1S/C26H40FN3O4/c1-16(2)19(15-17(3)24(33)34)30(9)23(32)21(26(6,7)27)29-22(31)20(28-8)25(4,5)18-13-11-10-12-14-18/h10-16,19-21,28H,1-9H3,(H,29,31)(H,33,34)/b17-15+/t19-,20-,21+/m1/s1. The zero-order valence-electron chi connectivity index (χ0n) is 21.8. The first kappa shape index (κ1) is 29.3. The molecule has 0 spiro atoms. The van der Waals surface area contributed by atoms with Gasteiger partial charge in [0.2, 0.25) is 11.8 Å². The molecule has 34 heavy (non-hydrogen) atoms. The topological polar surface area (TPSA) is 98.7 Å². The van der Waals surface area contributed by atoms with Crippen LogP contribution in [0.4, 0.5) is 4.39 Å². The van der Waals surface area contributed by atoms with Crippen molar-refractivity contribution in [1.82, 2.24) is 15.5 Å². The van der Waals surface area contributed by atoms with E-state index in [0.29, 0.717) is 0 Å². The van der Waals surface area contributed by atoms with Crippen LogP contribution in [0, 0.1) is 5.92 Å². The van der Waals surface area contributed by atoms with Gasteiger partial charge >= 0.3 is 5.97 Å². The number of hydrogen-bond donors (Lipinski definition) is 3. The predicted molar refractivity (Wildman–Crippen MR) is 132 cm³/mol. The minimum Gasteiger partial charge on any atom is -0.478 e. The second-order valence-corrected chi connectivity index (χ2v) is 10.2. The lowest BCUT2D eigenvalue weighted by molar-refractivity contribution is -0.141. The number of halogens is 1. The van der Waals surface area contributed by atoms with E-state index in [1.807, 2.05) is 58.0 Å². The summed E-state index contributed by atoms with van der Waals surface area (Å²) in [7, 11) is 3.14. The number of amides is 2. The Labute approximate surface area is 202 Å². The Balaban J connectivity index is 3.29. The molecular formula is C26H40FN3O4. The second-order valence-electron chi connectivity index (χ2n) is 10.2. The van der Waals surface area contributed by atoms with Crippen molar-refractivity contribution in [3.63, 3.8) is 0 Å². The molecule has 0 aromatic heterocycles. The van der Waals surface area contributed by atoms with Crippen molar-refractivity contribution in [1.29, 1.82) is 0 Å². The van der Waals surface area contributed by atoms with E-state index in [1.165, 1.54) is 38.8 Å². The molecule has 0 aliphatic carbocycles. The Kier molecular flexibility index (Phi) is 9.99. The van der Waals surface area contributed by atoms with Gasteiger partial charge in [0.05, 0.1) is 12.1 Å². The van der Waals surface area contributed by atoms with Crippen molar-refractivity contribution in [2.24, 2.45) is 5.92 Å². The molecule has 0 heterocycles. The van der Waals surface area contributed by atoms with Gasteiger partial charge in [-0.3, -0.25) is 9.59 Å². The van der Waals surface area contributed by atoms with Crippen molar-refractivity contribution in [3.8, 4) is 0 Å². The minimum atomic E-state index is -2.07. The number of carboxylic acid groups (broad SMARTS) is 1. The van der Waals surface area contributed by atoms with Crippen LogP contribution >= 0.6 is 0 Å². The highest BCUT2D eigenvalue weighted by Crippen LogP contribution is 2.28. The zero-order chi connectivity index (χ0) is 26.4. The van der Waals surface area contributed by atoms with Gasteiger partial charge in [-0.15, -0.1) is 0 Å². The second kappa shape index (κ2) is 11.6. The molecule has 0 saturated carbocycles. The summed E-state index contributed by atoms with van der Waals surface area (Å²) in [6.07, 6.45) is 1.48. The number of benzene rings is 1. The van der Waals surface area contributed by atoms with Crippen LogP contribution in [0.3, 0.4) is 0 Å². The van der Waals surface area contributed by atoms with Gasteiger partial charge in [0.1, 0.15) is 11.7 Å². The van der Waals surface area contributed by atoms with E-state index >= 15 is 4.39 Å². The minimum absolute atomic E-state index is 0.0818. The molecule has 190 valence electrons. The molecule has 7 nitrogen and oxygen atoms in total. The van der Waals surface area contributed by atoms with Crippen LogP contribution in [0.15, 0.2) is 42.0 Å². The molecule has 2 amide bonds. The van der Waals surface area contributed by atoms with E-state index in [9.17, 15) is 19.5 Å². The van der Waals surface area contributed by atoms with E-state index < -0.39 is 47.0 Å². The van der Waals surface area contributed by atoms with Crippen LogP contribution < -0.4 is 10.6 Å². The molecule has 8 heteroatoms. The number of alkyl halides is 1. The Morgan fingerprint density at radius 2 is 1.59 bits per heavy atom. The number of aliphatic carboxylic acids is 1. The first-order chi connectivity index (χ1) is 15.5. The van der Waals surface area contributed by atoms with Crippen LogP contribution in [-0.4, -0.2) is 65.7 Å². The molecule has 0 bridgehead atoms. The molecule has 1 aromatic carbocycles. The summed E-state index contributed by atoms with van der Waals surface area (Å²) in [6, 6.07) is 6.68. The summed E-state index contributed by atoms with van der Waals surface area (Å²) in [4.78, 5) is 39.4. The quantitative estimate of drug-likeness (QED) is 0.425. The van der Waals surface area contributed by atoms with Crippen molar-refractivity contribution >= 4 is 17.8 Å². The summed E-state index contributed by atoms with van der Waals surface area (Å²) in [5.74, 6) is -2.37. The van der Waals surface area contributed by atoms with Crippen LogP contribution in [0.2, 0.25) is 0 Å². The van der Waals surface area contributed by atoms with Crippen LogP contribution in [-0.2, 0) is 19.8 Å². The molecule has 0 aliphatic rings. The highest BCUT2D eigenvalue weighted by molar-refractivity contribution is 5.92. The normalized spacial score (nSPS) is 15.4. The monoisotopic (exact) mass is 477 g/mol. The fourth-order valence-electron chi connectivity index (χ4n) is 4.04. The molecule has 0 radical (unpaired) electrons. The molecule has 0 saturated heterocycles. The van der Waals surface area contributed by atoms with Gasteiger partial charge in [-0.25, -0.2) is 9.18 Å². The number of carbonyl (C=O) groups is 3. The van der Waals surface area contributed by atoms with Gasteiger partial charge in [-0.1, -0.05) is 64.1 Å². The van der Waals surface area contributed by atoms with E-state index in [0.717, 1.165) is 5.56 Å². The Morgan fingerprint density at radius 1 is 1.06 bits per heavy atom. The van der Waals surface area contributed by atoms with Crippen LogP contribution in [0.5, 0.6) is 0 Å². The smallest absolute Gasteiger partial charge is 0.331 e. The van der Waals surface area contributed by atoms with E-state index in [2.05, 4.69) is 10.6 Å². The van der Waals surface area contributed by atoms with Gasteiger partial charge in [-0.2, -0.15) is 0 Å². The maximum atomic E-state index is 15.3. The third kappa shape index (κ3) is 7.13. The lowest BCUT2D eigenvalue weighted by atomic mass is 9.77. The highest BCUT2D eigenvalue weighted by Gasteiger charge is 2.43. The molecule has 1 rings (SSSR count). The summed E-state index contributed by atoms with van der Waals surface area (Å²) < 4.78 is 15.3. The molecule has 0 aliphatic heterocycles. The number of rotatable bonds is 11. The number of nitrogens with zero attached hydrogens (tertiary/aromatic N) is 1. The van der Waals surface area contributed by atoms with Gasteiger partial charge in [0.15, 0.2) is 0 Å². The van der Waals surface area contributed by atoms with E-state index in [4.69, 9.17) is 0 Å². The third-order valence-electron chi connectivity index (χ3n) is 6.25. The Hall–Kier alpha value is -2.74. The van der Waals surface area contributed by atoms with Crippen molar-refractivity contribution < 1.29 is 23.9 Å². The average Bonchev–Trinajstić information content (AvgIpc) is 2.74. The molecule has 1 aromatic rings. The summed E-state index contributed by atoms with van der Waals surface area (Å²) in [5, 5.41) is 14.9. The molecule has 3 atom stereocenters. The van der Waals surface area contributed by atoms with E-state index in [-0.39, 0.29) is 11.5 Å². The van der Waals surface area contributed by atoms with Crippen LogP contribution in [0.1, 0.15) is 54.0 Å². The zero-order valence-corrected chi connectivity index (χ0v) is 21.8. The maximum absolute atomic E-state index is 15.3. The molecule has 3 N–H and O–H groups in total. The number of nitrogens with one attached hydrogen (secondary N) is 2. The van der Waals surface area contributed by atoms with Gasteiger partial charge in [0.25, 0.3) is 0 Å². The average molecular weight is 478 g/mol. The first-order valence-electron chi connectivity index (χ1n) is 11.5.